The molecule has 0 unspecified atom stereocenters. The van der Waals surface area contributed by atoms with E-state index in [1.807, 2.05) is 6.07 Å². The third-order valence-electron chi connectivity index (χ3n) is 4.98. The normalized spacial score (nSPS) is 23.2. The molecular weight excluding hydrogens is 304 g/mol. The molecular formula is C20H26O4. The lowest BCUT2D eigenvalue weighted by Gasteiger charge is -2.26. The molecule has 1 saturated carbocycles. The molecule has 4 heteroatoms. The lowest BCUT2D eigenvalue weighted by molar-refractivity contribution is -0.141. The Hall–Kier alpha value is -1.81. The van der Waals surface area contributed by atoms with Crippen LogP contribution in [0.1, 0.15) is 56.1 Å². The highest BCUT2D eigenvalue weighted by atomic mass is 16.5. The number of carbonyl (C=O) groups excluding carboxylic acids is 1. The van der Waals surface area contributed by atoms with Crippen LogP contribution in [0.15, 0.2) is 23.8 Å². The van der Waals surface area contributed by atoms with Crippen LogP contribution in [0.5, 0.6) is 5.75 Å². The van der Waals surface area contributed by atoms with Crippen molar-refractivity contribution in [3.05, 3.63) is 34.9 Å². The Morgan fingerprint density at radius 2 is 2.08 bits per heavy atom. The van der Waals surface area contributed by atoms with Crippen LogP contribution in [-0.2, 0) is 16.0 Å². The molecule has 1 N–H and O–H groups in total. The lowest BCUT2D eigenvalue weighted by atomic mass is 9.90. The maximum Gasteiger partial charge on any atom is 0.305 e. The number of aliphatic hydroxyl groups is 1. The van der Waals surface area contributed by atoms with Gasteiger partial charge in [-0.3, -0.25) is 4.79 Å². The summed E-state index contributed by atoms with van der Waals surface area (Å²) in [5.41, 5.74) is 3.89. The monoisotopic (exact) mass is 330 g/mol. The number of rotatable bonds is 4. The number of hydrogen-bond acceptors (Lipinski definition) is 4. The molecule has 0 radical (unpaired) electrons. The summed E-state index contributed by atoms with van der Waals surface area (Å²) in [4.78, 5) is 11.3. The Morgan fingerprint density at radius 1 is 1.29 bits per heavy atom. The molecule has 4 nitrogen and oxygen atoms in total. The molecule has 0 bridgehead atoms. The van der Waals surface area contributed by atoms with Gasteiger partial charge in [0.25, 0.3) is 0 Å². The first-order chi connectivity index (χ1) is 11.6. The maximum atomic E-state index is 11.3. The standard InChI is InChI=1S/C20H26O4/c1-23-20(22)11-9-18-8-5-16-13-15(4-10-19(16)24-18)12-14-2-6-17(21)7-3-14/h4,10,12-13,17-18,21H,2-3,5-9,11H2,1H3/t17?,18-/m1/s1. The summed E-state index contributed by atoms with van der Waals surface area (Å²) in [6, 6.07) is 6.35. The molecule has 3 rings (SSSR count). The summed E-state index contributed by atoms with van der Waals surface area (Å²) >= 11 is 0. The summed E-state index contributed by atoms with van der Waals surface area (Å²) in [6.45, 7) is 0. The van der Waals surface area contributed by atoms with Crippen molar-refractivity contribution in [1.82, 2.24) is 0 Å². The number of ether oxygens (including phenoxy) is 2. The van der Waals surface area contributed by atoms with Crippen molar-refractivity contribution in [1.29, 1.82) is 0 Å². The van der Waals surface area contributed by atoms with Gasteiger partial charge in [-0.05, 0) is 68.2 Å². The molecule has 2 aliphatic rings. The first kappa shape index (κ1) is 17.0. The van der Waals surface area contributed by atoms with Gasteiger partial charge in [-0.1, -0.05) is 17.7 Å². The molecule has 1 atom stereocenters. The number of hydrogen-bond donors (Lipinski definition) is 1. The van der Waals surface area contributed by atoms with Crippen molar-refractivity contribution in [3.8, 4) is 5.75 Å². The zero-order chi connectivity index (χ0) is 16.9. The Morgan fingerprint density at radius 3 is 2.83 bits per heavy atom. The molecule has 1 aliphatic carbocycles. The zero-order valence-electron chi connectivity index (χ0n) is 14.3. The quantitative estimate of drug-likeness (QED) is 0.856. The second-order valence-corrected chi connectivity index (χ2v) is 6.79. The average Bonchev–Trinajstić information content (AvgIpc) is 2.61. The van der Waals surface area contributed by atoms with Crippen LogP contribution in [-0.4, -0.2) is 30.4 Å². The summed E-state index contributed by atoms with van der Waals surface area (Å²) in [7, 11) is 1.42. The van der Waals surface area contributed by atoms with E-state index < -0.39 is 0 Å². The molecule has 1 aromatic rings. The van der Waals surface area contributed by atoms with Crippen LogP contribution < -0.4 is 4.74 Å². The predicted octanol–water partition coefficient (Wildman–Crippen LogP) is 3.65. The Balaban J connectivity index is 1.61. The number of methoxy groups -OCH3 is 1. The highest BCUT2D eigenvalue weighted by molar-refractivity contribution is 5.69. The van der Waals surface area contributed by atoms with Gasteiger partial charge >= 0.3 is 5.97 Å². The van der Waals surface area contributed by atoms with E-state index in [0.717, 1.165) is 44.3 Å². The van der Waals surface area contributed by atoms with Crippen molar-refractivity contribution in [2.75, 3.05) is 7.11 Å². The van der Waals surface area contributed by atoms with E-state index in [1.165, 1.54) is 23.8 Å². The lowest BCUT2D eigenvalue weighted by Crippen LogP contribution is -2.23. The number of aliphatic hydroxyl groups excluding tert-OH is 1. The van der Waals surface area contributed by atoms with Gasteiger partial charge in [0.1, 0.15) is 5.75 Å². The molecule has 130 valence electrons. The molecule has 0 aromatic heterocycles. The fourth-order valence-corrected chi connectivity index (χ4v) is 3.49. The number of fused-ring (bicyclic) bond motifs is 1. The van der Waals surface area contributed by atoms with Crippen LogP contribution in [0.25, 0.3) is 6.08 Å². The fourth-order valence-electron chi connectivity index (χ4n) is 3.49. The predicted molar refractivity (Wildman–Crippen MR) is 92.9 cm³/mol. The topological polar surface area (TPSA) is 55.8 Å². The number of benzene rings is 1. The number of aryl methyl sites for hydroxylation is 1. The van der Waals surface area contributed by atoms with E-state index in [2.05, 4.69) is 22.9 Å². The van der Waals surface area contributed by atoms with Gasteiger partial charge in [-0.25, -0.2) is 0 Å². The Kier molecular flexibility index (Phi) is 5.56. The smallest absolute Gasteiger partial charge is 0.305 e. The van der Waals surface area contributed by atoms with Crippen LogP contribution in [0, 0.1) is 0 Å². The summed E-state index contributed by atoms with van der Waals surface area (Å²) in [5.74, 6) is 0.765. The largest absolute Gasteiger partial charge is 0.490 e. The molecule has 24 heavy (non-hydrogen) atoms. The molecule has 1 fully saturated rings. The molecule has 0 spiro atoms. The van der Waals surface area contributed by atoms with Crippen LogP contribution in [0.4, 0.5) is 0 Å². The van der Waals surface area contributed by atoms with Crippen molar-refractivity contribution < 1.29 is 19.4 Å². The van der Waals surface area contributed by atoms with E-state index in [-0.39, 0.29) is 18.2 Å². The first-order valence-corrected chi connectivity index (χ1v) is 8.88. The van der Waals surface area contributed by atoms with Crippen molar-refractivity contribution in [3.63, 3.8) is 0 Å². The third kappa shape index (κ3) is 4.38. The summed E-state index contributed by atoms with van der Waals surface area (Å²) < 4.78 is 10.7. The molecule has 0 saturated heterocycles. The van der Waals surface area contributed by atoms with E-state index in [0.29, 0.717) is 12.8 Å². The number of esters is 1. The van der Waals surface area contributed by atoms with E-state index in [1.54, 1.807) is 0 Å². The highest BCUT2D eigenvalue weighted by Crippen LogP contribution is 2.32. The number of carbonyl (C=O) groups is 1. The van der Waals surface area contributed by atoms with Gasteiger partial charge in [-0.2, -0.15) is 0 Å². The van der Waals surface area contributed by atoms with Gasteiger partial charge in [0.15, 0.2) is 0 Å². The minimum atomic E-state index is -0.177. The third-order valence-corrected chi connectivity index (χ3v) is 4.98. The van der Waals surface area contributed by atoms with Gasteiger partial charge in [0.05, 0.1) is 19.3 Å². The van der Waals surface area contributed by atoms with E-state index in [4.69, 9.17) is 4.74 Å². The van der Waals surface area contributed by atoms with Crippen molar-refractivity contribution in [2.45, 2.75) is 63.6 Å². The summed E-state index contributed by atoms with van der Waals surface area (Å²) in [5, 5.41) is 9.60. The van der Waals surface area contributed by atoms with Gasteiger partial charge in [-0.15, -0.1) is 0 Å². The van der Waals surface area contributed by atoms with Gasteiger partial charge < -0.3 is 14.6 Å². The van der Waals surface area contributed by atoms with E-state index in [9.17, 15) is 9.90 Å². The van der Waals surface area contributed by atoms with E-state index >= 15 is 0 Å². The highest BCUT2D eigenvalue weighted by Gasteiger charge is 2.21. The molecule has 1 aromatic carbocycles. The van der Waals surface area contributed by atoms with Crippen LogP contribution in [0.3, 0.4) is 0 Å². The number of allylic oxidation sites excluding steroid dienone is 1. The van der Waals surface area contributed by atoms with Gasteiger partial charge in [0, 0.05) is 6.42 Å². The van der Waals surface area contributed by atoms with Crippen LogP contribution in [0.2, 0.25) is 0 Å². The van der Waals surface area contributed by atoms with Crippen molar-refractivity contribution in [2.24, 2.45) is 0 Å². The second kappa shape index (κ2) is 7.84. The van der Waals surface area contributed by atoms with Gasteiger partial charge in [0.2, 0.25) is 0 Å². The maximum absolute atomic E-state index is 11.3. The zero-order valence-corrected chi connectivity index (χ0v) is 14.3. The Labute approximate surface area is 143 Å². The Bertz CT molecular complexity index is 610. The molecule has 1 heterocycles. The van der Waals surface area contributed by atoms with Crippen LogP contribution >= 0.6 is 0 Å². The minimum absolute atomic E-state index is 0.0978. The SMILES string of the molecule is COC(=O)CC[C@H]1CCc2cc(C=C3CCC(O)CC3)ccc2O1. The molecule has 0 amide bonds. The second-order valence-electron chi connectivity index (χ2n) is 6.79. The summed E-state index contributed by atoms with van der Waals surface area (Å²) in [6.07, 6.45) is 9.01. The average molecular weight is 330 g/mol. The van der Waals surface area contributed by atoms with Crippen molar-refractivity contribution >= 4 is 12.0 Å². The first-order valence-electron chi connectivity index (χ1n) is 8.88. The fraction of sp³-hybridized carbons (Fsp3) is 0.550. The minimum Gasteiger partial charge on any atom is -0.490 e. The molecule has 1 aliphatic heterocycles.